The van der Waals surface area contributed by atoms with Gasteiger partial charge < -0.3 is 5.11 Å². The van der Waals surface area contributed by atoms with E-state index in [0.29, 0.717) is 6.07 Å². The van der Waals surface area contributed by atoms with Crippen LogP contribution in [-0.4, -0.2) is 11.3 Å². The highest BCUT2D eigenvalue weighted by Gasteiger charge is 2.59. The Balaban J connectivity index is 3.07. The molecule has 1 rings (SSSR count). The fourth-order valence-electron chi connectivity index (χ4n) is 0.631. The van der Waals surface area contributed by atoms with E-state index in [1.165, 1.54) is 0 Å². The monoisotopic (exact) mass is 218 g/mol. The molecule has 7 heteroatoms. The van der Waals surface area contributed by atoms with Crippen molar-refractivity contribution < 1.29 is 27.1 Å². The molecule has 0 saturated carbocycles. The fourth-order valence-corrected chi connectivity index (χ4v) is 1.40. The van der Waals surface area contributed by atoms with E-state index in [-0.39, 0.29) is 11.3 Å². The summed E-state index contributed by atoms with van der Waals surface area (Å²) >= 11 is 0.163. The zero-order chi connectivity index (χ0) is 10.3. The number of halogens is 5. The standard InChI is InChI=1S/C6H3F5OS/c7-5(8,6(9,10)11)4-1-3(12)2-13-4/h1-2,12H. The third-order valence-electron chi connectivity index (χ3n) is 1.25. The van der Waals surface area contributed by atoms with Gasteiger partial charge in [0.15, 0.2) is 0 Å². The normalized spacial score (nSPS) is 13.3. The highest BCUT2D eigenvalue weighted by Crippen LogP contribution is 2.46. The Kier molecular flexibility index (Phi) is 2.23. The third-order valence-corrected chi connectivity index (χ3v) is 2.24. The van der Waals surface area contributed by atoms with Crippen molar-refractivity contribution in [3.05, 3.63) is 16.3 Å². The predicted molar refractivity (Wildman–Crippen MR) is 35.9 cm³/mol. The largest absolute Gasteiger partial charge is 0.507 e. The van der Waals surface area contributed by atoms with Crippen molar-refractivity contribution in [3.63, 3.8) is 0 Å². The number of aromatic hydroxyl groups is 1. The van der Waals surface area contributed by atoms with E-state index in [1.807, 2.05) is 0 Å². The molecule has 0 aliphatic heterocycles. The van der Waals surface area contributed by atoms with Crippen LogP contribution in [0.25, 0.3) is 0 Å². The summed E-state index contributed by atoms with van der Waals surface area (Å²) in [6.07, 6.45) is -5.62. The van der Waals surface area contributed by atoms with Crippen LogP contribution < -0.4 is 0 Å². The molecule has 0 radical (unpaired) electrons. The van der Waals surface area contributed by atoms with Crippen LogP contribution in [0.5, 0.6) is 5.75 Å². The molecule has 0 atom stereocenters. The second-order valence-electron chi connectivity index (χ2n) is 2.24. The van der Waals surface area contributed by atoms with E-state index in [1.54, 1.807) is 0 Å². The molecule has 0 fully saturated rings. The first kappa shape index (κ1) is 10.2. The molecule has 0 aliphatic carbocycles. The van der Waals surface area contributed by atoms with Crippen LogP contribution in [0.1, 0.15) is 4.88 Å². The molecule has 1 heterocycles. The Morgan fingerprint density at radius 1 is 1.15 bits per heavy atom. The zero-order valence-electron chi connectivity index (χ0n) is 5.90. The van der Waals surface area contributed by atoms with Crippen LogP contribution in [0.2, 0.25) is 0 Å². The Hall–Kier alpha value is -0.850. The lowest BCUT2D eigenvalue weighted by Gasteiger charge is -2.17. The highest BCUT2D eigenvalue weighted by molar-refractivity contribution is 7.10. The van der Waals surface area contributed by atoms with Gasteiger partial charge in [-0.15, -0.1) is 11.3 Å². The van der Waals surface area contributed by atoms with Gasteiger partial charge in [0, 0.05) is 11.4 Å². The quantitative estimate of drug-likeness (QED) is 0.718. The van der Waals surface area contributed by atoms with Crippen LogP contribution in [0.3, 0.4) is 0 Å². The second-order valence-corrected chi connectivity index (χ2v) is 3.15. The van der Waals surface area contributed by atoms with E-state index < -0.39 is 22.7 Å². The van der Waals surface area contributed by atoms with Gasteiger partial charge in [0.1, 0.15) is 5.75 Å². The first-order valence-corrected chi connectivity index (χ1v) is 3.85. The fraction of sp³-hybridized carbons (Fsp3) is 0.333. The predicted octanol–water partition coefficient (Wildman–Crippen LogP) is 3.11. The number of hydrogen-bond acceptors (Lipinski definition) is 2. The molecular formula is C6H3F5OS. The SMILES string of the molecule is Oc1csc(C(F)(F)C(F)(F)F)c1. The first-order valence-electron chi connectivity index (χ1n) is 2.97. The van der Waals surface area contributed by atoms with Crippen molar-refractivity contribution >= 4 is 11.3 Å². The Morgan fingerprint density at radius 3 is 2.00 bits per heavy atom. The molecule has 13 heavy (non-hydrogen) atoms. The van der Waals surface area contributed by atoms with Crippen LogP contribution in [0.15, 0.2) is 11.4 Å². The molecule has 0 aliphatic rings. The van der Waals surface area contributed by atoms with Gasteiger partial charge in [-0.3, -0.25) is 0 Å². The summed E-state index contributed by atoms with van der Waals surface area (Å²) < 4.78 is 60.0. The van der Waals surface area contributed by atoms with Gasteiger partial charge in [0.05, 0.1) is 4.88 Å². The molecule has 0 amide bonds. The molecule has 0 bridgehead atoms. The molecular weight excluding hydrogens is 215 g/mol. The van der Waals surface area contributed by atoms with Gasteiger partial charge in [-0.2, -0.15) is 22.0 Å². The first-order chi connectivity index (χ1) is 5.75. The Labute approximate surface area is 73.4 Å². The molecule has 74 valence electrons. The molecule has 1 N–H and O–H groups in total. The smallest absolute Gasteiger partial charge is 0.458 e. The maximum Gasteiger partial charge on any atom is 0.458 e. The highest BCUT2D eigenvalue weighted by atomic mass is 32.1. The van der Waals surface area contributed by atoms with E-state index in [2.05, 4.69) is 0 Å². The molecule has 1 aromatic rings. The zero-order valence-corrected chi connectivity index (χ0v) is 6.72. The number of alkyl halides is 5. The van der Waals surface area contributed by atoms with E-state index in [9.17, 15) is 22.0 Å². The summed E-state index contributed by atoms with van der Waals surface area (Å²) in [6.45, 7) is 0. The lowest BCUT2D eigenvalue weighted by molar-refractivity contribution is -0.287. The average molecular weight is 218 g/mol. The Bertz CT molecular complexity index is 302. The van der Waals surface area contributed by atoms with Crippen LogP contribution >= 0.6 is 11.3 Å². The van der Waals surface area contributed by atoms with Gasteiger partial charge in [0.2, 0.25) is 0 Å². The summed E-state index contributed by atoms with van der Waals surface area (Å²) in [6, 6.07) is 0.401. The summed E-state index contributed by atoms with van der Waals surface area (Å²) in [7, 11) is 0. The molecule has 0 aromatic carbocycles. The number of thiophene rings is 1. The lowest BCUT2D eigenvalue weighted by Crippen LogP contribution is -2.32. The van der Waals surface area contributed by atoms with Crippen molar-refractivity contribution in [2.75, 3.05) is 0 Å². The van der Waals surface area contributed by atoms with E-state index >= 15 is 0 Å². The number of hydrogen-bond donors (Lipinski definition) is 1. The molecule has 0 unspecified atom stereocenters. The molecule has 1 aromatic heterocycles. The lowest BCUT2D eigenvalue weighted by atomic mass is 10.2. The maximum absolute atomic E-state index is 12.5. The summed E-state index contributed by atoms with van der Waals surface area (Å²) in [5.41, 5.74) is 0. The maximum atomic E-state index is 12.5. The molecule has 0 saturated heterocycles. The van der Waals surface area contributed by atoms with Crippen LogP contribution in [0, 0.1) is 0 Å². The number of rotatable bonds is 1. The Morgan fingerprint density at radius 2 is 1.69 bits per heavy atom. The van der Waals surface area contributed by atoms with Gasteiger partial charge >= 0.3 is 12.1 Å². The van der Waals surface area contributed by atoms with E-state index in [0.717, 1.165) is 5.38 Å². The summed E-state index contributed by atoms with van der Waals surface area (Å²) in [5, 5.41) is 9.41. The van der Waals surface area contributed by atoms with Gasteiger partial charge in [-0.1, -0.05) is 0 Å². The van der Waals surface area contributed by atoms with Crippen molar-refractivity contribution in [2.24, 2.45) is 0 Å². The van der Waals surface area contributed by atoms with Crippen LogP contribution in [0.4, 0.5) is 22.0 Å². The minimum Gasteiger partial charge on any atom is -0.507 e. The minimum atomic E-state index is -5.62. The van der Waals surface area contributed by atoms with Gasteiger partial charge in [0.25, 0.3) is 0 Å². The summed E-state index contributed by atoms with van der Waals surface area (Å²) in [4.78, 5) is -1.21. The van der Waals surface area contributed by atoms with Crippen molar-refractivity contribution in [1.82, 2.24) is 0 Å². The van der Waals surface area contributed by atoms with Crippen LogP contribution in [-0.2, 0) is 5.92 Å². The molecule has 0 spiro atoms. The van der Waals surface area contributed by atoms with Crippen molar-refractivity contribution in [3.8, 4) is 5.75 Å². The van der Waals surface area contributed by atoms with Crippen molar-refractivity contribution in [1.29, 1.82) is 0 Å². The third kappa shape index (κ3) is 1.74. The topological polar surface area (TPSA) is 20.2 Å². The minimum absolute atomic E-state index is 0.163. The average Bonchev–Trinajstić information content (AvgIpc) is 2.33. The summed E-state index contributed by atoms with van der Waals surface area (Å²) in [5.74, 6) is -5.48. The second kappa shape index (κ2) is 2.83. The van der Waals surface area contributed by atoms with Gasteiger partial charge in [-0.25, -0.2) is 0 Å². The van der Waals surface area contributed by atoms with E-state index in [4.69, 9.17) is 5.11 Å². The van der Waals surface area contributed by atoms with Crippen molar-refractivity contribution in [2.45, 2.75) is 12.1 Å². The van der Waals surface area contributed by atoms with Gasteiger partial charge in [-0.05, 0) is 0 Å². The molecule has 1 nitrogen and oxygen atoms in total.